The molecular formula is C16H23NO. The fraction of sp³-hybridized carbons (Fsp3) is 0.625. The molecule has 2 heteroatoms. The zero-order valence-electron chi connectivity index (χ0n) is 11.4. The van der Waals surface area contributed by atoms with Crippen LogP contribution >= 0.6 is 0 Å². The van der Waals surface area contributed by atoms with Crippen LogP contribution in [0.5, 0.6) is 0 Å². The topological polar surface area (TPSA) is 21.3 Å². The van der Waals surface area contributed by atoms with E-state index in [4.69, 9.17) is 4.74 Å². The Morgan fingerprint density at radius 1 is 1.33 bits per heavy atom. The molecule has 2 aliphatic rings. The van der Waals surface area contributed by atoms with E-state index in [1.807, 2.05) is 0 Å². The average Bonchev–Trinajstić information content (AvgIpc) is 2.91. The third-order valence-corrected chi connectivity index (χ3v) is 4.43. The molecule has 1 N–H and O–H groups in total. The summed E-state index contributed by atoms with van der Waals surface area (Å²) in [6, 6.07) is 9.37. The molecule has 0 spiro atoms. The second-order valence-electron chi connectivity index (χ2n) is 6.44. The van der Waals surface area contributed by atoms with Crippen LogP contribution in [-0.2, 0) is 11.2 Å². The maximum atomic E-state index is 5.45. The predicted octanol–water partition coefficient (Wildman–Crippen LogP) is 2.94. The van der Waals surface area contributed by atoms with Crippen molar-refractivity contribution in [1.29, 1.82) is 0 Å². The van der Waals surface area contributed by atoms with Gasteiger partial charge in [-0.05, 0) is 35.3 Å². The Morgan fingerprint density at radius 2 is 2.17 bits per heavy atom. The van der Waals surface area contributed by atoms with Gasteiger partial charge in [-0.2, -0.15) is 0 Å². The minimum Gasteiger partial charge on any atom is -0.381 e. The van der Waals surface area contributed by atoms with Crippen LogP contribution in [0.1, 0.15) is 37.4 Å². The summed E-state index contributed by atoms with van der Waals surface area (Å²) >= 11 is 0. The van der Waals surface area contributed by atoms with Crippen LogP contribution in [0.3, 0.4) is 0 Å². The lowest BCUT2D eigenvalue weighted by Crippen LogP contribution is -2.34. The molecular weight excluding hydrogens is 222 g/mol. The van der Waals surface area contributed by atoms with Crippen LogP contribution in [-0.4, -0.2) is 19.8 Å². The number of fused-ring (bicyclic) bond motifs is 1. The molecule has 2 unspecified atom stereocenters. The summed E-state index contributed by atoms with van der Waals surface area (Å²) in [6.07, 6.45) is 2.39. The average molecular weight is 245 g/mol. The number of ether oxygens (including phenoxy) is 1. The quantitative estimate of drug-likeness (QED) is 0.884. The number of benzene rings is 1. The van der Waals surface area contributed by atoms with Crippen molar-refractivity contribution < 1.29 is 4.74 Å². The van der Waals surface area contributed by atoms with Gasteiger partial charge in [0, 0.05) is 19.2 Å². The van der Waals surface area contributed by atoms with Crippen molar-refractivity contribution in [3.63, 3.8) is 0 Å². The first-order chi connectivity index (χ1) is 8.67. The number of hydrogen-bond donors (Lipinski definition) is 1. The third-order valence-electron chi connectivity index (χ3n) is 4.43. The predicted molar refractivity (Wildman–Crippen MR) is 73.6 cm³/mol. The van der Waals surface area contributed by atoms with Crippen LogP contribution in [0.4, 0.5) is 0 Å². The van der Waals surface area contributed by atoms with Gasteiger partial charge in [0.1, 0.15) is 0 Å². The summed E-state index contributed by atoms with van der Waals surface area (Å²) in [5.74, 6) is 0.702. The van der Waals surface area contributed by atoms with Crippen molar-refractivity contribution in [3.05, 3.63) is 35.4 Å². The first-order valence-corrected chi connectivity index (χ1v) is 7.06. The van der Waals surface area contributed by atoms with Gasteiger partial charge in [0.2, 0.25) is 0 Å². The Kier molecular flexibility index (Phi) is 3.16. The molecule has 0 radical (unpaired) electrons. The zero-order valence-corrected chi connectivity index (χ0v) is 11.4. The fourth-order valence-corrected chi connectivity index (χ4v) is 3.41. The molecule has 1 aliphatic carbocycles. The molecule has 0 saturated carbocycles. The Balaban J connectivity index is 1.73. The Morgan fingerprint density at radius 3 is 2.94 bits per heavy atom. The first-order valence-electron chi connectivity index (χ1n) is 7.06. The molecule has 1 aliphatic heterocycles. The summed E-state index contributed by atoms with van der Waals surface area (Å²) in [4.78, 5) is 0. The smallest absolute Gasteiger partial charge is 0.0507 e. The fourth-order valence-electron chi connectivity index (χ4n) is 3.41. The van der Waals surface area contributed by atoms with E-state index in [1.54, 1.807) is 0 Å². The van der Waals surface area contributed by atoms with Crippen molar-refractivity contribution in [2.24, 2.45) is 11.3 Å². The summed E-state index contributed by atoms with van der Waals surface area (Å²) in [5, 5.41) is 3.79. The van der Waals surface area contributed by atoms with Crippen molar-refractivity contribution in [3.8, 4) is 0 Å². The van der Waals surface area contributed by atoms with Crippen molar-refractivity contribution in [2.45, 2.75) is 32.7 Å². The normalized spacial score (nSPS) is 29.4. The highest BCUT2D eigenvalue weighted by atomic mass is 16.5. The van der Waals surface area contributed by atoms with Gasteiger partial charge in [0.25, 0.3) is 0 Å². The molecule has 2 nitrogen and oxygen atoms in total. The molecule has 1 fully saturated rings. The maximum Gasteiger partial charge on any atom is 0.0507 e. The number of hydrogen-bond acceptors (Lipinski definition) is 2. The molecule has 1 heterocycles. The largest absolute Gasteiger partial charge is 0.381 e. The van der Waals surface area contributed by atoms with Gasteiger partial charge < -0.3 is 10.1 Å². The molecule has 1 saturated heterocycles. The van der Waals surface area contributed by atoms with Gasteiger partial charge >= 0.3 is 0 Å². The Hall–Kier alpha value is -0.860. The molecule has 0 amide bonds. The van der Waals surface area contributed by atoms with Gasteiger partial charge in [0.15, 0.2) is 0 Å². The molecule has 0 aromatic heterocycles. The van der Waals surface area contributed by atoms with E-state index >= 15 is 0 Å². The van der Waals surface area contributed by atoms with Crippen LogP contribution in [0.15, 0.2) is 24.3 Å². The molecule has 2 atom stereocenters. The molecule has 98 valence electrons. The van der Waals surface area contributed by atoms with Crippen molar-refractivity contribution in [2.75, 3.05) is 19.8 Å². The monoisotopic (exact) mass is 245 g/mol. The van der Waals surface area contributed by atoms with E-state index in [-0.39, 0.29) is 0 Å². The summed E-state index contributed by atoms with van der Waals surface area (Å²) < 4.78 is 5.45. The molecule has 3 rings (SSSR count). The highest BCUT2D eigenvalue weighted by Crippen LogP contribution is 2.45. The standard InChI is InChI=1S/C16H23NO/c1-16(2)9-13-5-3-4-6-14(13)15(16)17-10-12-7-8-18-11-12/h3-6,12,15,17H,7-11H2,1-2H3. The number of rotatable bonds is 3. The second-order valence-corrected chi connectivity index (χ2v) is 6.44. The lowest BCUT2D eigenvalue weighted by atomic mass is 9.85. The molecule has 0 bridgehead atoms. The van der Waals surface area contributed by atoms with Gasteiger partial charge in [-0.25, -0.2) is 0 Å². The first kappa shape index (κ1) is 12.2. The van der Waals surface area contributed by atoms with Crippen molar-refractivity contribution >= 4 is 0 Å². The molecule has 1 aromatic carbocycles. The van der Waals surface area contributed by atoms with Crippen LogP contribution in [0.25, 0.3) is 0 Å². The van der Waals surface area contributed by atoms with E-state index in [9.17, 15) is 0 Å². The molecule has 1 aromatic rings. The van der Waals surface area contributed by atoms with E-state index < -0.39 is 0 Å². The highest BCUT2D eigenvalue weighted by molar-refractivity contribution is 5.37. The second kappa shape index (κ2) is 4.67. The maximum absolute atomic E-state index is 5.45. The summed E-state index contributed by atoms with van der Waals surface area (Å²) in [7, 11) is 0. The summed E-state index contributed by atoms with van der Waals surface area (Å²) in [6.45, 7) is 7.70. The minimum atomic E-state index is 0.323. The van der Waals surface area contributed by atoms with Crippen LogP contribution in [0, 0.1) is 11.3 Å². The Labute approximate surface area is 110 Å². The minimum absolute atomic E-state index is 0.323. The van der Waals surface area contributed by atoms with Gasteiger partial charge in [-0.3, -0.25) is 0 Å². The van der Waals surface area contributed by atoms with E-state index in [0.717, 1.165) is 19.8 Å². The number of nitrogens with one attached hydrogen (secondary N) is 1. The molecule has 18 heavy (non-hydrogen) atoms. The highest BCUT2D eigenvalue weighted by Gasteiger charge is 2.38. The zero-order chi connectivity index (χ0) is 12.6. The van der Waals surface area contributed by atoms with Crippen molar-refractivity contribution in [1.82, 2.24) is 5.32 Å². The van der Waals surface area contributed by atoms with Crippen LogP contribution < -0.4 is 5.32 Å². The van der Waals surface area contributed by atoms with Gasteiger partial charge in [0.05, 0.1) is 6.61 Å². The lowest BCUT2D eigenvalue weighted by molar-refractivity contribution is 0.181. The third kappa shape index (κ3) is 2.19. The van der Waals surface area contributed by atoms with Gasteiger partial charge in [-0.15, -0.1) is 0 Å². The van der Waals surface area contributed by atoms with E-state index in [0.29, 0.717) is 17.4 Å². The van der Waals surface area contributed by atoms with Crippen LogP contribution in [0.2, 0.25) is 0 Å². The van der Waals surface area contributed by atoms with E-state index in [1.165, 1.54) is 24.0 Å². The lowest BCUT2D eigenvalue weighted by Gasteiger charge is -2.29. The Bertz CT molecular complexity index is 421. The van der Waals surface area contributed by atoms with E-state index in [2.05, 4.69) is 43.4 Å². The SMILES string of the molecule is CC1(C)Cc2ccccc2C1NCC1CCOC1. The summed E-state index contributed by atoms with van der Waals surface area (Å²) in [5.41, 5.74) is 3.34. The van der Waals surface area contributed by atoms with Gasteiger partial charge in [-0.1, -0.05) is 38.1 Å².